The molecule has 0 spiro atoms. The lowest BCUT2D eigenvalue weighted by atomic mass is 10.1. The second kappa shape index (κ2) is 11.8. The molecule has 3 nitrogen and oxygen atoms in total. The fourth-order valence-electron chi connectivity index (χ4n) is 2.00. The third-order valence-electron chi connectivity index (χ3n) is 3.50. The third-order valence-corrected chi connectivity index (χ3v) is 3.50. The molecular formula is C20H30O3. The van der Waals surface area contributed by atoms with E-state index in [9.17, 15) is 4.79 Å². The molecular weight excluding hydrogens is 288 g/mol. The normalized spacial score (nSPS) is 11.1. The topological polar surface area (TPSA) is 35.5 Å². The average Bonchev–Trinajstić information content (AvgIpc) is 2.53. The second-order valence-electron chi connectivity index (χ2n) is 6.16. The van der Waals surface area contributed by atoms with Crippen molar-refractivity contribution in [2.45, 2.75) is 52.9 Å². The zero-order valence-electron chi connectivity index (χ0n) is 14.7. The van der Waals surface area contributed by atoms with E-state index in [1.165, 1.54) is 25.3 Å². The summed E-state index contributed by atoms with van der Waals surface area (Å²) in [6.45, 7) is 7.66. The van der Waals surface area contributed by atoms with Crippen LogP contribution in [0, 0.1) is 5.92 Å². The minimum absolute atomic E-state index is 0.290. The Kier molecular flexibility index (Phi) is 9.85. The molecule has 0 N–H and O–H groups in total. The Morgan fingerprint density at radius 2 is 1.83 bits per heavy atom. The summed E-state index contributed by atoms with van der Waals surface area (Å²) >= 11 is 0. The van der Waals surface area contributed by atoms with Crippen molar-refractivity contribution in [1.29, 1.82) is 0 Å². The van der Waals surface area contributed by atoms with Gasteiger partial charge in [-0.25, -0.2) is 4.79 Å². The first-order chi connectivity index (χ1) is 11.1. The first-order valence-electron chi connectivity index (χ1n) is 8.69. The van der Waals surface area contributed by atoms with E-state index in [0.29, 0.717) is 12.5 Å². The Bertz CT molecular complexity index is 460. The molecule has 0 aliphatic carbocycles. The molecule has 0 heterocycles. The zero-order chi connectivity index (χ0) is 16.9. The van der Waals surface area contributed by atoms with E-state index in [4.69, 9.17) is 9.47 Å². The molecule has 128 valence electrons. The van der Waals surface area contributed by atoms with Crippen LogP contribution in [0.5, 0.6) is 5.75 Å². The summed E-state index contributed by atoms with van der Waals surface area (Å²) in [5.41, 5.74) is 0.962. The van der Waals surface area contributed by atoms with E-state index in [0.717, 1.165) is 30.8 Å². The molecule has 0 saturated carbocycles. The number of hydrogen-bond acceptors (Lipinski definition) is 3. The SMILES string of the molecule is CCCCCCOc1ccc(C=CC(=O)OCCC(C)C)cc1. The van der Waals surface area contributed by atoms with Crippen molar-refractivity contribution < 1.29 is 14.3 Å². The standard InChI is InChI=1S/C20H30O3/c1-4-5-6-7-15-22-19-11-8-18(9-12-19)10-13-20(21)23-16-14-17(2)3/h8-13,17H,4-7,14-16H2,1-3H3. The van der Waals surface area contributed by atoms with Gasteiger partial charge >= 0.3 is 5.97 Å². The number of esters is 1. The molecule has 1 aromatic carbocycles. The average molecular weight is 318 g/mol. The van der Waals surface area contributed by atoms with Crippen LogP contribution in [-0.4, -0.2) is 19.2 Å². The van der Waals surface area contributed by atoms with Gasteiger partial charge in [-0.15, -0.1) is 0 Å². The highest BCUT2D eigenvalue weighted by atomic mass is 16.5. The number of rotatable bonds is 11. The molecule has 1 aromatic rings. The van der Waals surface area contributed by atoms with Crippen LogP contribution in [-0.2, 0) is 9.53 Å². The summed E-state index contributed by atoms with van der Waals surface area (Å²) in [6.07, 6.45) is 8.95. The molecule has 0 aliphatic heterocycles. The maximum Gasteiger partial charge on any atom is 0.330 e. The number of ether oxygens (including phenoxy) is 2. The van der Waals surface area contributed by atoms with E-state index in [1.807, 2.05) is 24.3 Å². The predicted molar refractivity (Wildman–Crippen MR) is 95.5 cm³/mol. The largest absolute Gasteiger partial charge is 0.494 e. The summed E-state index contributed by atoms with van der Waals surface area (Å²) in [6, 6.07) is 7.76. The van der Waals surface area contributed by atoms with Gasteiger partial charge in [-0.05, 0) is 42.5 Å². The second-order valence-corrected chi connectivity index (χ2v) is 6.16. The Labute approximate surface area is 140 Å². The molecule has 0 atom stereocenters. The van der Waals surface area contributed by atoms with E-state index in [1.54, 1.807) is 6.08 Å². The molecule has 0 bridgehead atoms. The van der Waals surface area contributed by atoms with Gasteiger partial charge in [0, 0.05) is 6.08 Å². The van der Waals surface area contributed by atoms with Gasteiger partial charge < -0.3 is 9.47 Å². The number of carbonyl (C=O) groups is 1. The Morgan fingerprint density at radius 1 is 1.09 bits per heavy atom. The minimum Gasteiger partial charge on any atom is -0.494 e. The van der Waals surface area contributed by atoms with Crippen molar-refractivity contribution in [1.82, 2.24) is 0 Å². The first kappa shape index (κ1) is 19.3. The summed E-state index contributed by atoms with van der Waals surface area (Å²) < 4.78 is 10.8. The zero-order valence-corrected chi connectivity index (χ0v) is 14.7. The summed E-state index contributed by atoms with van der Waals surface area (Å²) in [5.74, 6) is 1.13. The van der Waals surface area contributed by atoms with Crippen molar-refractivity contribution >= 4 is 12.0 Å². The van der Waals surface area contributed by atoms with Gasteiger partial charge in [-0.1, -0.05) is 52.2 Å². The monoisotopic (exact) mass is 318 g/mol. The van der Waals surface area contributed by atoms with Gasteiger partial charge in [-0.3, -0.25) is 0 Å². The van der Waals surface area contributed by atoms with Crippen molar-refractivity contribution in [2.75, 3.05) is 13.2 Å². The van der Waals surface area contributed by atoms with E-state index < -0.39 is 0 Å². The molecule has 0 amide bonds. The highest BCUT2D eigenvalue weighted by molar-refractivity contribution is 5.87. The minimum atomic E-state index is -0.290. The molecule has 0 saturated heterocycles. The van der Waals surface area contributed by atoms with E-state index in [-0.39, 0.29) is 5.97 Å². The molecule has 1 rings (SSSR count). The summed E-state index contributed by atoms with van der Waals surface area (Å²) in [7, 11) is 0. The number of unbranched alkanes of at least 4 members (excludes halogenated alkanes) is 3. The molecule has 0 unspecified atom stereocenters. The van der Waals surface area contributed by atoms with E-state index in [2.05, 4.69) is 20.8 Å². The third kappa shape index (κ3) is 9.77. The quantitative estimate of drug-likeness (QED) is 0.317. The van der Waals surface area contributed by atoms with Crippen LogP contribution in [0.1, 0.15) is 58.4 Å². The molecule has 0 radical (unpaired) electrons. The maximum absolute atomic E-state index is 11.6. The van der Waals surface area contributed by atoms with Crippen LogP contribution in [0.3, 0.4) is 0 Å². The van der Waals surface area contributed by atoms with Gasteiger partial charge in [-0.2, -0.15) is 0 Å². The van der Waals surface area contributed by atoms with Crippen LogP contribution in [0.25, 0.3) is 6.08 Å². The lowest BCUT2D eigenvalue weighted by Crippen LogP contribution is -2.04. The molecule has 23 heavy (non-hydrogen) atoms. The first-order valence-corrected chi connectivity index (χ1v) is 8.69. The van der Waals surface area contributed by atoms with Crippen molar-refractivity contribution in [3.8, 4) is 5.75 Å². The van der Waals surface area contributed by atoms with Crippen LogP contribution >= 0.6 is 0 Å². The van der Waals surface area contributed by atoms with Gasteiger partial charge in [0.15, 0.2) is 0 Å². The van der Waals surface area contributed by atoms with Crippen LogP contribution < -0.4 is 4.74 Å². The lowest BCUT2D eigenvalue weighted by molar-refractivity contribution is -0.137. The van der Waals surface area contributed by atoms with Crippen molar-refractivity contribution in [3.63, 3.8) is 0 Å². The van der Waals surface area contributed by atoms with Crippen molar-refractivity contribution in [3.05, 3.63) is 35.9 Å². The lowest BCUT2D eigenvalue weighted by Gasteiger charge is -2.06. The van der Waals surface area contributed by atoms with Gasteiger partial charge in [0.05, 0.1) is 13.2 Å². The van der Waals surface area contributed by atoms with Crippen LogP contribution in [0.2, 0.25) is 0 Å². The van der Waals surface area contributed by atoms with Gasteiger partial charge in [0.25, 0.3) is 0 Å². The number of hydrogen-bond donors (Lipinski definition) is 0. The predicted octanol–water partition coefficient (Wildman–Crippen LogP) is 5.25. The Balaban J connectivity index is 2.29. The highest BCUT2D eigenvalue weighted by Crippen LogP contribution is 2.14. The molecule has 0 aliphatic rings. The molecule has 0 fully saturated rings. The number of carbonyl (C=O) groups excluding carboxylic acids is 1. The van der Waals surface area contributed by atoms with Gasteiger partial charge in [0.1, 0.15) is 5.75 Å². The Morgan fingerprint density at radius 3 is 2.48 bits per heavy atom. The summed E-state index contributed by atoms with van der Waals surface area (Å²) in [5, 5.41) is 0. The fraction of sp³-hybridized carbons (Fsp3) is 0.550. The summed E-state index contributed by atoms with van der Waals surface area (Å²) in [4.78, 5) is 11.6. The van der Waals surface area contributed by atoms with Crippen LogP contribution in [0.4, 0.5) is 0 Å². The van der Waals surface area contributed by atoms with E-state index >= 15 is 0 Å². The molecule has 0 aromatic heterocycles. The smallest absolute Gasteiger partial charge is 0.330 e. The number of benzene rings is 1. The van der Waals surface area contributed by atoms with Gasteiger partial charge in [0.2, 0.25) is 0 Å². The highest BCUT2D eigenvalue weighted by Gasteiger charge is 1.99. The molecule has 3 heteroatoms. The van der Waals surface area contributed by atoms with Crippen LogP contribution in [0.15, 0.2) is 30.3 Å². The fourth-order valence-corrected chi connectivity index (χ4v) is 2.00. The van der Waals surface area contributed by atoms with Crippen molar-refractivity contribution in [2.24, 2.45) is 5.92 Å². The maximum atomic E-state index is 11.6. The Hall–Kier alpha value is -1.77.